The van der Waals surface area contributed by atoms with Gasteiger partial charge < -0.3 is 9.47 Å². The van der Waals surface area contributed by atoms with Gasteiger partial charge >= 0.3 is 0 Å². The van der Waals surface area contributed by atoms with Crippen molar-refractivity contribution in [2.24, 2.45) is 0 Å². The molecule has 3 nitrogen and oxygen atoms in total. The quantitative estimate of drug-likeness (QED) is 0.671. The lowest BCUT2D eigenvalue weighted by molar-refractivity contribution is -0.147. The molecule has 0 aromatic heterocycles. The van der Waals surface area contributed by atoms with Crippen LogP contribution in [0.25, 0.3) is 0 Å². The van der Waals surface area contributed by atoms with Crippen LogP contribution < -0.4 is 0 Å². The first-order valence-electron chi connectivity index (χ1n) is 6.17. The molecule has 16 heavy (non-hydrogen) atoms. The first-order chi connectivity index (χ1) is 7.57. The Morgan fingerprint density at radius 3 is 2.38 bits per heavy atom. The second-order valence-corrected chi connectivity index (χ2v) is 6.49. The van der Waals surface area contributed by atoms with Crippen molar-refractivity contribution in [3.05, 3.63) is 0 Å². The minimum Gasteiger partial charge on any atom is -0.352 e. The normalized spacial score (nSPS) is 21.6. The Balaban J connectivity index is 2.38. The topological polar surface area (TPSA) is 21.7 Å². The molecule has 0 aromatic rings. The molecule has 1 heterocycles. The lowest BCUT2D eigenvalue weighted by Crippen LogP contribution is -2.47. The first kappa shape index (κ1) is 14.3. The zero-order chi connectivity index (χ0) is 12.0. The van der Waals surface area contributed by atoms with Crippen molar-refractivity contribution in [1.29, 1.82) is 0 Å². The van der Waals surface area contributed by atoms with E-state index in [1.54, 1.807) is 0 Å². The van der Waals surface area contributed by atoms with E-state index in [9.17, 15) is 0 Å². The third-order valence-corrected chi connectivity index (χ3v) is 3.91. The molecular formula is C12H25NO2S. The van der Waals surface area contributed by atoms with E-state index in [0.717, 1.165) is 32.8 Å². The van der Waals surface area contributed by atoms with E-state index in [2.05, 4.69) is 30.5 Å². The van der Waals surface area contributed by atoms with Crippen LogP contribution in [0.4, 0.5) is 0 Å². The summed E-state index contributed by atoms with van der Waals surface area (Å²) in [5.74, 6) is 1.21. The van der Waals surface area contributed by atoms with Crippen LogP contribution in [-0.4, -0.2) is 54.5 Å². The van der Waals surface area contributed by atoms with Gasteiger partial charge in [-0.15, -0.1) is 0 Å². The van der Waals surface area contributed by atoms with Gasteiger partial charge in [0, 0.05) is 43.3 Å². The van der Waals surface area contributed by atoms with Crippen LogP contribution in [0.1, 0.15) is 27.7 Å². The van der Waals surface area contributed by atoms with Crippen LogP contribution in [0.5, 0.6) is 0 Å². The molecule has 1 aliphatic heterocycles. The number of hydrogen-bond acceptors (Lipinski definition) is 4. The molecule has 1 rings (SSSR count). The van der Waals surface area contributed by atoms with Crippen LogP contribution in [0, 0.1) is 0 Å². The van der Waals surface area contributed by atoms with Gasteiger partial charge in [0.25, 0.3) is 0 Å². The van der Waals surface area contributed by atoms with Gasteiger partial charge in [0.15, 0.2) is 6.29 Å². The number of nitrogens with zero attached hydrogens (tertiary/aromatic N) is 1. The lowest BCUT2D eigenvalue weighted by Gasteiger charge is -2.38. The van der Waals surface area contributed by atoms with E-state index in [1.807, 2.05) is 13.8 Å². The minimum absolute atomic E-state index is 0.0612. The monoisotopic (exact) mass is 247 g/mol. The number of rotatable bonds is 6. The summed E-state index contributed by atoms with van der Waals surface area (Å²) >= 11 is 2.05. The smallest absolute Gasteiger partial charge is 0.170 e. The Morgan fingerprint density at radius 2 is 1.88 bits per heavy atom. The Kier molecular flexibility index (Phi) is 6.11. The van der Waals surface area contributed by atoms with E-state index >= 15 is 0 Å². The van der Waals surface area contributed by atoms with Crippen molar-refractivity contribution in [3.63, 3.8) is 0 Å². The number of thioether (sulfide) groups is 1. The highest BCUT2D eigenvalue weighted by Crippen LogP contribution is 2.29. The summed E-state index contributed by atoms with van der Waals surface area (Å²) in [4.78, 5) is 2.45. The van der Waals surface area contributed by atoms with E-state index in [0.29, 0.717) is 4.75 Å². The van der Waals surface area contributed by atoms with E-state index in [1.165, 1.54) is 5.75 Å². The molecule has 0 spiro atoms. The van der Waals surface area contributed by atoms with Crippen molar-refractivity contribution in [3.8, 4) is 0 Å². The van der Waals surface area contributed by atoms with Crippen LogP contribution in [0.15, 0.2) is 0 Å². The minimum atomic E-state index is -0.0612. The number of hydrogen-bond donors (Lipinski definition) is 0. The predicted octanol–water partition coefficient (Wildman–Crippen LogP) is 2.21. The van der Waals surface area contributed by atoms with Gasteiger partial charge in [-0.1, -0.05) is 0 Å². The molecule has 0 atom stereocenters. The van der Waals surface area contributed by atoms with Crippen LogP contribution >= 0.6 is 11.8 Å². The molecule has 1 aliphatic rings. The molecule has 0 radical (unpaired) electrons. The van der Waals surface area contributed by atoms with Crippen molar-refractivity contribution < 1.29 is 9.47 Å². The van der Waals surface area contributed by atoms with Crippen LogP contribution in [0.2, 0.25) is 0 Å². The highest BCUT2D eigenvalue weighted by atomic mass is 32.2. The Morgan fingerprint density at radius 1 is 1.25 bits per heavy atom. The summed E-state index contributed by atoms with van der Waals surface area (Å²) in [6.07, 6.45) is -0.0612. The summed E-state index contributed by atoms with van der Waals surface area (Å²) in [6.45, 7) is 13.2. The predicted molar refractivity (Wildman–Crippen MR) is 70.0 cm³/mol. The van der Waals surface area contributed by atoms with Crippen LogP contribution in [-0.2, 0) is 9.47 Å². The third-order valence-electron chi connectivity index (χ3n) is 2.62. The summed E-state index contributed by atoms with van der Waals surface area (Å²) < 4.78 is 11.5. The average molecular weight is 247 g/mol. The lowest BCUT2D eigenvalue weighted by atomic mass is 10.2. The summed E-state index contributed by atoms with van der Waals surface area (Å²) in [5.41, 5.74) is 0. The van der Waals surface area contributed by atoms with Gasteiger partial charge in [0.1, 0.15) is 0 Å². The highest BCUT2D eigenvalue weighted by molar-refractivity contribution is 8.00. The van der Waals surface area contributed by atoms with Gasteiger partial charge in [0.05, 0.1) is 0 Å². The summed E-state index contributed by atoms with van der Waals surface area (Å²) in [5, 5.41) is 0. The fourth-order valence-corrected chi connectivity index (χ4v) is 3.18. The largest absolute Gasteiger partial charge is 0.352 e. The second kappa shape index (κ2) is 6.84. The molecule has 0 N–H and O–H groups in total. The second-order valence-electron chi connectivity index (χ2n) is 4.68. The maximum atomic E-state index is 5.58. The van der Waals surface area contributed by atoms with Gasteiger partial charge in [-0.2, -0.15) is 11.8 Å². The standard InChI is InChI=1S/C12H25NO2S/c1-5-14-11(15-6-2)9-13-7-8-16-12(3,4)10-13/h11H,5-10H2,1-4H3. The zero-order valence-corrected chi connectivity index (χ0v) is 11.8. The SMILES string of the molecule is CCOC(CN1CCSC(C)(C)C1)OCC. The third kappa shape index (κ3) is 5.04. The van der Waals surface area contributed by atoms with Crippen LogP contribution in [0.3, 0.4) is 0 Å². The molecule has 1 fully saturated rings. The highest BCUT2D eigenvalue weighted by Gasteiger charge is 2.28. The molecule has 1 saturated heterocycles. The van der Waals surface area contributed by atoms with Gasteiger partial charge in [-0.05, 0) is 27.7 Å². The van der Waals surface area contributed by atoms with E-state index in [-0.39, 0.29) is 6.29 Å². The summed E-state index contributed by atoms with van der Waals surface area (Å²) in [6, 6.07) is 0. The molecule has 0 aromatic carbocycles. The maximum Gasteiger partial charge on any atom is 0.170 e. The van der Waals surface area contributed by atoms with E-state index in [4.69, 9.17) is 9.47 Å². The molecule has 4 heteroatoms. The Bertz CT molecular complexity index is 193. The average Bonchev–Trinajstić information content (AvgIpc) is 2.16. The molecule has 0 aliphatic carbocycles. The molecule has 0 unspecified atom stereocenters. The fraction of sp³-hybridized carbons (Fsp3) is 1.00. The Labute approximate surface area is 104 Å². The molecule has 0 amide bonds. The van der Waals surface area contributed by atoms with Gasteiger partial charge in [-0.25, -0.2) is 0 Å². The Hall–Kier alpha value is 0.230. The molecule has 0 saturated carbocycles. The maximum absolute atomic E-state index is 5.58. The van der Waals surface area contributed by atoms with Crippen molar-refractivity contribution in [2.45, 2.75) is 38.7 Å². The molecule has 0 bridgehead atoms. The first-order valence-corrected chi connectivity index (χ1v) is 7.15. The summed E-state index contributed by atoms with van der Waals surface area (Å²) in [7, 11) is 0. The van der Waals surface area contributed by atoms with Crippen molar-refractivity contribution in [1.82, 2.24) is 4.90 Å². The van der Waals surface area contributed by atoms with Crippen molar-refractivity contribution >= 4 is 11.8 Å². The zero-order valence-electron chi connectivity index (χ0n) is 11.0. The number of ether oxygens (including phenoxy) is 2. The molecule has 96 valence electrons. The van der Waals surface area contributed by atoms with Gasteiger partial charge in [-0.3, -0.25) is 4.90 Å². The van der Waals surface area contributed by atoms with Crippen molar-refractivity contribution in [2.75, 3.05) is 38.6 Å². The fourth-order valence-electron chi connectivity index (χ4n) is 2.01. The van der Waals surface area contributed by atoms with Gasteiger partial charge in [0.2, 0.25) is 0 Å². The van der Waals surface area contributed by atoms with E-state index < -0.39 is 0 Å². The molecular weight excluding hydrogens is 222 g/mol.